The van der Waals surface area contributed by atoms with Crippen molar-refractivity contribution in [1.82, 2.24) is 0 Å². The second kappa shape index (κ2) is 4.11. The van der Waals surface area contributed by atoms with Crippen molar-refractivity contribution in [3.05, 3.63) is 34.9 Å². The van der Waals surface area contributed by atoms with Gasteiger partial charge in [-0.25, -0.2) is 0 Å². The number of hydrogen-bond acceptors (Lipinski definition) is 2. The first-order chi connectivity index (χ1) is 8.18. The lowest BCUT2D eigenvalue weighted by molar-refractivity contribution is -0.00976. The molecule has 0 saturated carbocycles. The third kappa shape index (κ3) is 1.90. The molecule has 1 aromatic carbocycles. The van der Waals surface area contributed by atoms with Gasteiger partial charge in [0.1, 0.15) is 0 Å². The normalized spacial score (nSPS) is 26.8. The van der Waals surface area contributed by atoms with Crippen LogP contribution in [0.5, 0.6) is 0 Å². The molecule has 0 spiro atoms. The van der Waals surface area contributed by atoms with Crippen molar-refractivity contribution in [1.29, 1.82) is 0 Å². The van der Waals surface area contributed by atoms with Crippen molar-refractivity contribution in [2.75, 3.05) is 13.2 Å². The van der Waals surface area contributed by atoms with Gasteiger partial charge in [0.2, 0.25) is 0 Å². The summed E-state index contributed by atoms with van der Waals surface area (Å²) in [6.07, 6.45) is 4.59. The predicted molar refractivity (Wildman–Crippen MR) is 67.0 cm³/mol. The minimum atomic E-state index is -0.742. The van der Waals surface area contributed by atoms with Crippen molar-refractivity contribution < 1.29 is 9.84 Å². The van der Waals surface area contributed by atoms with E-state index in [1.807, 2.05) is 6.92 Å². The van der Waals surface area contributed by atoms with E-state index in [9.17, 15) is 5.11 Å². The minimum Gasteiger partial charge on any atom is -0.385 e. The molecule has 1 heterocycles. The van der Waals surface area contributed by atoms with E-state index in [0.29, 0.717) is 6.61 Å². The molecule has 2 aliphatic rings. The number of rotatable bonds is 2. The topological polar surface area (TPSA) is 29.5 Å². The van der Waals surface area contributed by atoms with E-state index in [1.54, 1.807) is 0 Å². The average molecular weight is 232 g/mol. The Hall–Kier alpha value is -0.860. The van der Waals surface area contributed by atoms with Gasteiger partial charge in [-0.3, -0.25) is 0 Å². The molecule has 0 bridgehead atoms. The number of ether oxygens (including phenoxy) is 1. The molecule has 1 aliphatic heterocycles. The zero-order chi connectivity index (χ0) is 11.9. The van der Waals surface area contributed by atoms with E-state index < -0.39 is 5.60 Å². The molecule has 0 radical (unpaired) electrons. The summed E-state index contributed by atoms with van der Waals surface area (Å²) in [5.41, 5.74) is 3.22. The highest BCUT2D eigenvalue weighted by Gasteiger charge is 2.36. The van der Waals surface area contributed by atoms with Crippen LogP contribution in [0.3, 0.4) is 0 Å². The van der Waals surface area contributed by atoms with Gasteiger partial charge in [0.05, 0.1) is 12.2 Å². The van der Waals surface area contributed by atoms with Crippen LogP contribution in [-0.2, 0) is 23.2 Å². The highest BCUT2D eigenvalue weighted by molar-refractivity contribution is 5.37. The second-order valence-corrected chi connectivity index (χ2v) is 5.55. The Kier molecular flexibility index (Phi) is 2.72. The fourth-order valence-electron chi connectivity index (χ4n) is 3.10. The van der Waals surface area contributed by atoms with Crippen LogP contribution in [0, 0.1) is 5.92 Å². The lowest BCUT2D eigenvalue weighted by atomic mass is 9.81. The summed E-state index contributed by atoms with van der Waals surface area (Å²) >= 11 is 0. The Balaban J connectivity index is 1.92. The zero-order valence-electron chi connectivity index (χ0n) is 10.4. The highest BCUT2D eigenvalue weighted by Crippen LogP contribution is 2.36. The van der Waals surface area contributed by atoms with Gasteiger partial charge in [-0.15, -0.1) is 0 Å². The van der Waals surface area contributed by atoms with Crippen LogP contribution >= 0.6 is 0 Å². The number of benzene rings is 1. The third-order valence-corrected chi connectivity index (χ3v) is 4.41. The molecule has 1 fully saturated rings. The average Bonchev–Trinajstić information content (AvgIpc) is 2.99. The van der Waals surface area contributed by atoms with Crippen LogP contribution in [-0.4, -0.2) is 18.3 Å². The van der Waals surface area contributed by atoms with Crippen LogP contribution in [0.15, 0.2) is 18.2 Å². The maximum atomic E-state index is 10.7. The number of aliphatic hydroxyl groups is 1. The lowest BCUT2D eigenvalue weighted by Gasteiger charge is -2.30. The quantitative estimate of drug-likeness (QED) is 0.848. The molecule has 1 aromatic rings. The lowest BCUT2D eigenvalue weighted by Crippen LogP contribution is -2.32. The van der Waals surface area contributed by atoms with Crippen LogP contribution in [0.1, 0.15) is 36.5 Å². The Bertz CT molecular complexity index is 417. The zero-order valence-corrected chi connectivity index (χ0v) is 10.4. The fraction of sp³-hybridized carbons (Fsp3) is 0.600. The maximum Gasteiger partial charge on any atom is 0.0919 e. The SMILES string of the molecule is CC(O)(c1ccc2c(c1)CCC2)C1CCOC1. The molecule has 2 heteroatoms. The molecular formula is C15H20O2. The van der Waals surface area contributed by atoms with E-state index >= 15 is 0 Å². The molecule has 3 rings (SSSR count). The van der Waals surface area contributed by atoms with Crippen LogP contribution < -0.4 is 0 Å². The number of hydrogen-bond donors (Lipinski definition) is 1. The molecule has 0 aromatic heterocycles. The van der Waals surface area contributed by atoms with E-state index in [2.05, 4.69) is 18.2 Å². The molecule has 2 nitrogen and oxygen atoms in total. The van der Waals surface area contributed by atoms with E-state index in [4.69, 9.17) is 4.74 Å². The van der Waals surface area contributed by atoms with Gasteiger partial charge in [0.15, 0.2) is 0 Å². The Labute approximate surface area is 103 Å². The molecule has 2 atom stereocenters. The van der Waals surface area contributed by atoms with Crippen LogP contribution in [0.4, 0.5) is 0 Å². The molecule has 17 heavy (non-hydrogen) atoms. The first-order valence-corrected chi connectivity index (χ1v) is 6.60. The summed E-state index contributed by atoms with van der Waals surface area (Å²) in [6, 6.07) is 6.51. The van der Waals surface area contributed by atoms with Crippen molar-refractivity contribution >= 4 is 0 Å². The van der Waals surface area contributed by atoms with Crippen molar-refractivity contribution in [2.45, 2.75) is 38.2 Å². The standard InChI is InChI=1S/C15H20O2/c1-15(16,14-7-8-17-10-14)13-6-5-11-3-2-4-12(11)9-13/h5-6,9,14,16H,2-4,7-8,10H2,1H3. The number of fused-ring (bicyclic) bond motifs is 1. The molecule has 1 N–H and O–H groups in total. The Morgan fingerprint density at radius 3 is 2.88 bits per heavy atom. The Morgan fingerprint density at radius 2 is 2.12 bits per heavy atom. The molecule has 1 aliphatic carbocycles. The summed E-state index contributed by atoms with van der Waals surface area (Å²) in [5, 5.41) is 10.7. The first-order valence-electron chi connectivity index (χ1n) is 6.60. The molecule has 2 unspecified atom stereocenters. The molecular weight excluding hydrogens is 212 g/mol. The smallest absolute Gasteiger partial charge is 0.0919 e. The fourth-order valence-corrected chi connectivity index (χ4v) is 3.10. The predicted octanol–water partition coefficient (Wildman–Crippen LogP) is 2.42. The Morgan fingerprint density at radius 1 is 1.29 bits per heavy atom. The van der Waals surface area contributed by atoms with E-state index in [-0.39, 0.29) is 5.92 Å². The summed E-state index contributed by atoms with van der Waals surface area (Å²) in [4.78, 5) is 0. The van der Waals surface area contributed by atoms with Gasteiger partial charge in [-0.1, -0.05) is 18.2 Å². The summed E-state index contributed by atoms with van der Waals surface area (Å²) < 4.78 is 5.40. The second-order valence-electron chi connectivity index (χ2n) is 5.55. The molecule has 0 amide bonds. The van der Waals surface area contributed by atoms with Gasteiger partial charge in [-0.2, -0.15) is 0 Å². The number of aryl methyl sites for hydroxylation is 2. The summed E-state index contributed by atoms with van der Waals surface area (Å²) in [7, 11) is 0. The minimum absolute atomic E-state index is 0.238. The largest absolute Gasteiger partial charge is 0.385 e. The van der Waals surface area contributed by atoms with Crippen LogP contribution in [0.2, 0.25) is 0 Å². The van der Waals surface area contributed by atoms with Crippen molar-refractivity contribution in [3.8, 4) is 0 Å². The van der Waals surface area contributed by atoms with Gasteiger partial charge in [0, 0.05) is 12.5 Å². The monoisotopic (exact) mass is 232 g/mol. The molecule has 92 valence electrons. The van der Waals surface area contributed by atoms with E-state index in [1.165, 1.54) is 30.4 Å². The van der Waals surface area contributed by atoms with Gasteiger partial charge in [-0.05, 0) is 49.3 Å². The van der Waals surface area contributed by atoms with Gasteiger partial charge in [0.25, 0.3) is 0 Å². The molecule has 1 saturated heterocycles. The van der Waals surface area contributed by atoms with Crippen LogP contribution in [0.25, 0.3) is 0 Å². The summed E-state index contributed by atoms with van der Waals surface area (Å²) in [6.45, 7) is 3.40. The third-order valence-electron chi connectivity index (χ3n) is 4.41. The van der Waals surface area contributed by atoms with Gasteiger partial charge >= 0.3 is 0 Å². The highest BCUT2D eigenvalue weighted by atomic mass is 16.5. The first kappa shape index (κ1) is 11.2. The maximum absolute atomic E-state index is 10.7. The van der Waals surface area contributed by atoms with E-state index in [0.717, 1.165) is 18.6 Å². The van der Waals surface area contributed by atoms with Crippen molar-refractivity contribution in [3.63, 3.8) is 0 Å². The van der Waals surface area contributed by atoms with Gasteiger partial charge < -0.3 is 9.84 Å². The summed E-state index contributed by atoms with van der Waals surface area (Å²) in [5.74, 6) is 0.238. The van der Waals surface area contributed by atoms with Crippen molar-refractivity contribution in [2.24, 2.45) is 5.92 Å².